The van der Waals surface area contributed by atoms with Crippen molar-refractivity contribution in [2.75, 3.05) is 19.7 Å². The Morgan fingerprint density at radius 1 is 1.12 bits per heavy atom. The SMILES string of the molecule is CCC(=O)NCC(O)CCOc1ccc([C@H]2C3=C(CCN2C(=O)Oc2ccc(Cl)cc2)C2C=C(Cl)C=CC2N3)cc1. The molecule has 8 nitrogen and oxygen atoms in total. The van der Waals surface area contributed by atoms with Crippen LogP contribution in [-0.4, -0.2) is 53.8 Å². The monoisotopic (exact) mass is 597 g/mol. The van der Waals surface area contributed by atoms with E-state index in [9.17, 15) is 14.7 Å². The van der Waals surface area contributed by atoms with Crippen molar-refractivity contribution >= 4 is 35.2 Å². The van der Waals surface area contributed by atoms with Crippen molar-refractivity contribution in [3.8, 4) is 11.5 Å². The highest BCUT2D eigenvalue weighted by atomic mass is 35.5. The molecule has 0 saturated carbocycles. The topological polar surface area (TPSA) is 100 Å². The molecule has 0 aromatic heterocycles. The maximum absolute atomic E-state index is 13.5. The van der Waals surface area contributed by atoms with Crippen LogP contribution < -0.4 is 20.1 Å². The van der Waals surface area contributed by atoms with Crippen LogP contribution in [-0.2, 0) is 4.79 Å². The van der Waals surface area contributed by atoms with E-state index in [-0.39, 0.29) is 30.5 Å². The third-order valence-electron chi connectivity index (χ3n) is 7.49. The average molecular weight is 599 g/mol. The molecule has 216 valence electrons. The highest BCUT2D eigenvalue weighted by molar-refractivity contribution is 6.31. The van der Waals surface area contributed by atoms with Crippen LogP contribution in [0.3, 0.4) is 0 Å². The summed E-state index contributed by atoms with van der Waals surface area (Å²) in [6.07, 6.45) is 6.36. The maximum atomic E-state index is 13.5. The highest BCUT2D eigenvalue weighted by Crippen LogP contribution is 2.45. The van der Waals surface area contributed by atoms with E-state index in [2.05, 4.69) is 22.8 Å². The molecule has 3 aliphatic rings. The second-order valence-corrected chi connectivity index (χ2v) is 11.1. The Morgan fingerprint density at radius 3 is 2.59 bits per heavy atom. The number of benzene rings is 2. The number of hydrogen-bond donors (Lipinski definition) is 3. The number of carbonyl (C=O) groups excluding carboxylic acids is 2. The largest absolute Gasteiger partial charge is 0.493 e. The second kappa shape index (κ2) is 13.0. The molecule has 0 bridgehead atoms. The first kappa shape index (κ1) is 29.0. The van der Waals surface area contributed by atoms with Gasteiger partial charge >= 0.3 is 6.09 Å². The second-order valence-electron chi connectivity index (χ2n) is 10.2. The minimum absolute atomic E-state index is 0.0772. The number of aliphatic hydroxyl groups excluding tert-OH is 1. The van der Waals surface area contributed by atoms with Gasteiger partial charge in [0.2, 0.25) is 5.91 Å². The van der Waals surface area contributed by atoms with Gasteiger partial charge in [-0.25, -0.2) is 4.79 Å². The molecule has 2 heterocycles. The van der Waals surface area contributed by atoms with E-state index in [0.717, 1.165) is 11.3 Å². The van der Waals surface area contributed by atoms with Crippen LogP contribution in [0.2, 0.25) is 5.02 Å². The van der Waals surface area contributed by atoms with Crippen LogP contribution >= 0.6 is 23.2 Å². The van der Waals surface area contributed by atoms with E-state index in [4.69, 9.17) is 32.7 Å². The third-order valence-corrected chi connectivity index (χ3v) is 7.99. The van der Waals surface area contributed by atoms with Gasteiger partial charge < -0.3 is 25.2 Å². The third kappa shape index (κ3) is 6.89. The molecule has 4 atom stereocenters. The molecule has 0 spiro atoms. The van der Waals surface area contributed by atoms with Crippen LogP contribution in [0.4, 0.5) is 4.79 Å². The van der Waals surface area contributed by atoms with Crippen molar-refractivity contribution in [1.29, 1.82) is 0 Å². The summed E-state index contributed by atoms with van der Waals surface area (Å²) in [4.78, 5) is 26.6. The molecule has 0 radical (unpaired) electrons. The fourth-order valence-corrected chi connectivity index (χ4v) is 5.69. The normalized spacial score (nSPS) is 21.8. The lowest BCUT2D eigenvalue weighted by molar-refractivity contribution is -0.121. The predicted octanol–water partition coefficient (Wildman–Crippen LogP) is 5.48. The molecular weight excluding hydrogens is 565 g/mol. The predicted molar refractivity (Wildman–Crippen MR) is 158 cm³/mol. The summed E-state index contributed by atoms with van der Waals surface area (Å²) in [7, 11) is 0. The van der Waals surface area contributed by atoms with Gasteiger partial charge in [0.25, 0.3) is 0 Å². The van der Waals surface area contributed by atoms with E-state index in [1.807, 2.05) is 30.3 Å². The molecule has 2 aromatic rings. The Labute approximate surface area is 249 Å². The number of carbonyl (C=O) groups is 2. The Hall–Kier alpha value is -3.46. The summed E-state index contributed by atoms with van der Waals surface area (Å²) < 4.78 is 11.6. The number of hydrogen-bond acceptors (Lipinski definition) is 6. The first-order chi connectivity index (χ1) is 19.8. The molecule has 2 aliphatic heterocycles. The quantitative estimate of drug-likeness (QED) is 0.354. The molecule has 2 amide bonds. The lowest BCUT2D eigenvalue weighted by Gasteiger charge is -2.37. The minimum atomic E-state index is -0.689. The van der Waals surface area contributed by atoms with E-state index < -0.39 is 12.2 Å². The van der Waals surface area contributed by atoms with Crippen molar-refractivity contribution in [3.63, 3.8) is 0 Å². The summed E-state index contributed by atoms with van der Waals surface area (Å²) in [6.45, 7) is 2.74. The van der Waals surface area contributed by atoms with E-state index >= 15 is 0 Å². The summed E-state index contributed by atoms with van der Waals surface area (Å²) in [6, 6.07) is 14.0. The van der Waals surface area contributed by atoms with Crippen molar-refractivity contribution in [2.24, 2.45) is 5.92 Å². The van der Waals surface area contributed by atoms with E-state index in [0.29, 0.717) is 54.0 Å². The molecular formula is C31H33Cl2N3O5. The number of halogens is 2. The van der Waals surface area contributed by atoms with Gasteiger partial charge in [0.1, 0.15) is 17.5 Å². The first-order valence-corrected chi connectivity index (χ1v) is 14.5. The van der Waals surface area contributed by atoms with Crippen molar-refractivity contribution in [3.05, 3.63) is 93.6 Å². The summed E-state index contributed by atoms with van der Waals surface area (Å²) in [5.41, 5.74) is 3.13. The van der Waals surface area contributed by atoms with Crippen molar-refractivity contribution < 1.29 is 24.2 Å². The number of aliphatic hydroxyl groups is 1. The Kier molecular flexibility index (Phi) is 9.22. The van der Waals surface area contributed by atoms with Gasteiger partial charge in [0.05, 0.1) is 18.8 Å². The zero-order valence-corrected chi connectivity index (χ0v) is 24.2. The first-order valence-electron chi connectivity index (χ1n) is 13.8. The number of nitrogens with one attached hydrogen (secondary N) is 2. The molecule has 41 heavy (non-hydrogen) atoms. The van der Waals surface area contributed by atoms with Crippen LogP contribution in [0.15, 0.2) is 83.1 Å². The van der Waals surface area contributed by atoms with Gasteiger partial charge in [-0.2, -0.15) is 0 Å². The molecule has 2 aromatic carbocycles. The summed E-state index contributed by atoms with van der Waals surface area (Å²) in [5.74, 6) is 1.10. The number of ether oxygens (including phenoxy) is 2. The number of fused-ring (bicyclic) bond motifs is 2. The smallest absolute Gasteiger partial charge is 0.416 e. The average Bonchev–Trinajstić information content (AvgIpc) is 3.34. The van der Waals surface area contributed by atoms with E-state index in [1.54, 1.807) is 36.1 Å². The fourth-order valence-electron chi connectivity index (χ4n) is 5.36. The Bertz CT molecular complexity index is 1360. The van der Waals surface area contributed by atoms with Crippen LogP contribution in [0, 0.1) is 5.92 Å². The lowest BCUT2D eigenvalue weighted by atomic mass is 9.85. The van der Waals surface area contributed by atoms with Gasteiger partial charge in [0, 0.05) is 47.6 Å². The molecule has 0 saturated heterocycles. The Morgan fingerprint density at radius 2 is 1.85 bits per heavy atom. The zero-order valence-electron chi connectivity index (χ0n) is 22.7. The highest BCUT2D eigenvalue weighted by Gasteiger charge is 2.43. The lowest BCUT2D eigenvalue weighted by Crippen LogP contribution is -2.43. The molecule has 0 fully saturated rings. The van der Waals surface area contributed by atoms with Crippen LogP contribution in [0.5, 0.6) is 11.5 Å². The number of nitrogens with zero attached hydrogens (tertiary/aromatic N) is 1. The zero-order chi connectivity index (χ0) is 28.9. The van der Waals surface area contributed by atoms with Crippen molar-refractivity contribution in [2.45, 2.75) is 44.4 Å². The summed E-state index contributed by atoms with van der Waals surface area (Å²) >= 11 is 12.3. The number of amides is 2. The fraction of sp³-hybridized carbons (Fsp3) is 0.355. The van der Waals surface area contributed by atoms with Crippen LogP contribution in [0.25, 0.3) is 0 Å². The molecule has 3 unspecified atom stereocenters. The minimum Gasteiger partial charge on any atom is -0.493 e. The summed E-state index contributed by atoms with van der Waals surface area (Å²) in [5, 5.41) is 17.7. The molecule has 1 aliphatic carbocycles. The van der Waals surface area contributed by atoms with Gasteiger partial charge in [-0.1, -0.05) is 54.4 Å². The van der Waals surface area contributed by atoms with Crippen molar-refractivity contribution in [1.82, 2.24) is 15.5 Å². The maximum Gasteiger partial charge on any atom is 0.416 e. The molecule has 3 N–H and O–H groups in total. The Balaban J connectivity index is 1.32. The van der Waals surface area contributed by atoms with Gasteiger partial charge in [0.15, 0.2) is 0 Å². The van der Waals surface area contributed by atoms with Crippen LogP contribution in [0.1, 0.15) is 37.8 Å². The van der Waals surface area contributed by atoms with Gasteiger partial charge in [-0.15, -0.1) is 0 Å². The van der Waals surface area contributed by atoms with Gasteiger partial charge in [-0.05, 0) is 60.0 Å². The standard InChI is InChI=1S/C31H33Cl2N3O5/c1-2-28(38)34-18-22(37)14-16-40-23-8-3-19(4-9-23)30-29-25(26-17-21(33)7-12-27(26)35-29)13-15-36(30)31(39)41-24-10-5-20(32)6-11-24/h3-12,17,22,26-27,30,35,37H,2,13-16,18H2,1H3,(H,34,38)/t22?,26?,27?,30-/m0/s1. The number of rotatable bonds is 9. The van der Waals surface area contributed by atoms with E-state index in [1.165, 1.54) is 5.57 Å². The molecule has 5 rings (SSSR count). The molecule has 10 heteroatoms. The van der Waals surface area contributed by atoms with Gasteiger partial charge in [-0.3, -0.25) is 9.69 Å². The number of allylic oxidation sites excluding steroid dienone is 2.